The third kappa shape index (κ3) is 2.04. The smallest absolute Gasteiger partial charge is 0.151 e. The molecule has 4 nitrogen and oxygen atoms in total. The Kier molecular flexibility index (Phi) is 3.31. The van der Waals surface area contributed by atoms with Gasteiger partial charge in [-0.2, -0.15) is 5.10 Å². The largest absolute Gasteiger partial charge is 0.377 e. The van der Waals surface area contributed by atoms with Gasteiger partial charge in [0.05, 0.1) is 19.3 Å². The lowest BCUT2D eigenvalue weighted by molar-refractivity contribution is 0.0999. The minimum atomic E-state index is 0.362. The first-order chi connectivity index (χ1) is 6.92. The first-order valence-corrected chi connectivity index (χ1v) is 5.72. The molecular weight excluding hydrogens is 246 g/mol. The molecule has 1 aliphatic heterocycles. The van der Waals surface area contributed by atoms with Gasteiger partial charge in [0.1, 0.15) is 0 Å². The maximum Gasteiger partial charge on any atom is 0.151 e. The summed E-state index contributed by atoms with van der Waals surface area (Å²) in [6, 6.07) is 4.25. The number of alkyl halides is 1. The molecule has 2 heterocycles. The van der Waals surface area contributed by atoms with Crippen LogP contribution in [0.4, 0.5) is 5.82 Å². The number of hydrogen-bond donors (Lipinski definition) is 0. The Labute approximate surface area is 91.4 Å². The van der Waals surface area contributed by atoms with E-state index in [1.807, 2.05) is 12.1 Å². The molecule has 1 aliphatic rings. The van der Waals surface area contributed by atoms with E-state index in [-0.39, 0.29) is 0 Å². The van der Waals surface area contributed by atoms with Gasteiger partial charge in [0.25, 0.3) is 0 Å². The summed E-state index contributed by atoms with van der Waals surface area (Å²) in [6.45, 7) is 2.40. The van der Waals surface area contributed by atoms with Crippen molar-refractivity contribution in [2.75, 3.05) is 30.0 Å². The van der Waals surface area contributed by atoms with Gasteiger partial charge in [0.2, 0.25) is 0 Å². The molecule has 2 rings (SSSR count). The van der Waals surface area contributed by atoms with Crippen LogP contribution in [0.5, 0.6) is 0 Å². The Morgan fingerprint density at radius 1 is 1.64 bits per heavy atom. The number of morpholine rings is 1. The van der Waals surface area contributed by atoms with Crippen molar-refractivity contribution < 1.29 is 4.74 Å². The van der Waals surface area contributed by atoms with Crippen LogP contribution in [0.1, 0.15) is 0 Å². The molecule has 1 fully saturated rings. The summed E-state index contributed by atoms with van der Waals surface area (Å²) >= 11 is 3.48. The number of ether oxygens (including phenoxy) is 1. The van der Waals surface area contributed by atoms with Gasteiger partial charge in [-0.3, -0.25) is 0 Å². The highest BCUT2D eigenvalue weighted by Gasteiger charge is 2.22. The fourth-order valence-electron chi connectivity index (χ4n) is 1.53. The lowest BCUT2D eigenvalue weighted by Crippen LogP contribution is -2.47. The van der Waals surface area contributed by atoms with Crippen molar-refractivity contribution in [3.63, 3.8) is 0 Å². The fraction of sp³-hybridized carbons (Fsp3) is 0.556. The zero-order chi connectivity index (χ0) is 9.80. The van der Waals surface area contributed by atoms with E-state index < -0.39 is 0 Å². The highest BCUT2D eigenvalue weighted by molar-refractivity contribution is 9.09. The van der Waals surface area contributed by atoms with E-state index in [1.165, 1.54) is 0 Å². The topological polar surface area (TPSA) is 38.2 Å². The normalized spacial score (nSPS) is 22.4. The number of hydrogen-bond acceptors (Lipinski definition) is 4. The van der Waals surface area contributed by atoms with Crippen LogP contribution in [0, 0.1) is 0 Å². The maximum absolute atomic E-state index is 5.40. The fourth-order valence-corrected chi connectivity index (χ4v) is 2.07. The lowest BCUT2D eigenvalue weighted by atomic mass is 10.2. The predicted molar refractivity (Wildman–Crippen MR) is 57.8 cm³/mol. The standard InChI is InChI=1S/C9H12BrN3O/c10-6-8-7-14-5-4-13(8)9-2-1-3-11-12-9/h1-3,8H,4-7H2. The van der Waals surface area contributed by atoms with E-state index in [9.17, 15) is 0 Å². The summed E-state index contributed by atoms with van der Waals surface area (Å²) in [5.74, 6) is 0.931. The Morgan fingerprint density at radius 3 is 3.29 bits per heavy atom. The minimum absolute atomic E-state index is 0.362. The maximum atomic E-state index is 5.40. The van der Waals surface area contributed by atoms with Gasteiger partial charge in [-0.05, 0) is 12.1 Å². The van der Waals surface area contributed by atoms with Crippen LogP contribution in [0.3, 0.4) is 0 Å². The molecule has 1 aromatic heterocycles. The van der Waals surface area contributed by atoms with E-state index in [1.54, 1.807) is 6.20 Å². The first kappa shape index (κ1) is 9.86. The molecule has 0 spiro atoms. The van der Waals surface area contributed by atoms with Crippen LogP contribution >= 0.6 is 15.9 Å². The Balaban J connectivity index is 2.15. The highest BCUT2D eigenvalue weighted by atomic mass is 79.9. The molecular formula is C9H12BrN3O. The summed E-state index contributed by atoms with van der Waals surface area (Å²) in [6.07, 6.45) is 1.69. The monoisotopic (exact) mass is 257 g/mol. The zero-order valence-electron chi connectivity index (χ0n) is 7.77. The number of halogens is 1. The van der Waals surface area contributed by atoms with Crippen LogP contribution in [0.25, 0.3) is 0 Å². The van der Waals surface area contributed by atoms with E-state index in [0.29, 0.717) is 6.04 Å². The van der Waals surface area contributed by atoms with Crippen LogP contribution in [0.2, 0.25) is 0 Å². The molecule has 76 valence electrons. The minimum Gasteiger partial charge on any atom is -0.377 e. The second-order valence-electron chi connectivity index (χ2n) is 3.16. The average Bonchev–Trinajstić information content (AvgIpc) is 2.30. The van der Waals surface area contributed by atoms with Crippen molar-refractivity contribution in [2.24, 2.45) is 0 Å². The molecule has 5 heteroatoms. The van der Waals surface area contributed by atoms with Gasteiger partial charge < -0.3 is 9.64 Å². The molecule has 0 aliphatic carbocycles. The predicted octanol–water partition coefficient (Wildman–Crippen LogP) is 1.08. The summed E-state index contributed by atoms with van der Waals surface area (Å²) < 4.78 is 5.40. The number of nitrogens with zero attached hydrogens (tertiary/aromatic N) is 3. The van der Waals surface area contributed by atoms with Crippen LogP contribution in [-0.4, -0.2) is 41.3 Å². The van der Waals surface area contributed by atoms with Crippen LogP contribution < -0.4 is 4.90 Å². The third-order valence-electron chi connectivity index (χ3n) is 2.26. The quantitative estimate of drug-likeness (QED) is 0.744. The second kappa shape index (κ2) is 4.70. The highest BCUT2D eigenvalue weighted by Crippen LogP contribution is 2.16. The average molecular weight is 258 g/mol. The lowest BCUT2D eigenvalue weighted by Gasteiger charge is -2.35. The molecule has 0 amide bonds. The molecule has 0 N–H and O–H groups in total. The summed E-state index contributed by atoms with van der Waals surface area (Å²) in [4.78, 5) is 2.23. The van der Waals surface area contributed by atoms with Gasteiger partial charge in [0.15, 0.2) is 5.82 Å². The van der Waals surface area contributed by atoms with Crippen molar-refractivity contribution in [3.8, 4) is 0 Å². The van der Waals surface area contributed by atoms with Gasteiger partial charge in [0, 0.05) is 18.1 Å². The molecule has 0 aromatic carbocycles. The Hall–Kier alpha value is -0.680. The van der Waals surface area contributed by atoms with E-state index in [2.05, 4.69) is 31.0 Å². The van der Waals surface area contributed by atoms with E-state index >= 15 is 0 Å². The number of anilines is 1. The second-order valence-corrected chi connectivity index (χ2v) is 3.81. The summed E-state index contributed by atoms with van der Waals surface area (Å²) in [5.41, 5.74) is 0. The SMILES string of the molecule is BrCC1COCCN1c1cccnn1. The van der Waals surface area contributed by atoms with E-state index in [4.69, 9.17) is 4.74 Å². The van der Waals surface area contributed by atoms with Crippen molar-refractivity contribution in [1.29, 1.82) is 0 Å². The van der Waals surface area contributed by atoms with E-state index in [0.717, 1.165) is 30.9 Å². The van der Waals surface area contributed by atoms with Crippen molar-refractivity contribution in [3.05, 3.63) is 18.3 Å². The van der Waals surface area contributed by atoms with Crippen LogP contribution in [-0.2, 0) is 4.74 Å². The zero-order valence-corrected chi connectivity index (χ0v) is 9.35. The number of rotatable bonds is 2. The van der Waals surface area contributed by atoms with Gasteiger partial charge in [-0.25, -0.2) is 0 Å². The van der Waals surface area contributed by atoms with Gasteiger partial charge >= 0.3 is 0 Å². The van der Waals surface area contributed by atoms with Gasteiger partial charge in [-0.1, -0.05) is 15.9 Å². The first-order valence-electron chi connectivity index (χ1n) is 4.60. The third-order valence-corrected chi connectivity index (χ3v) is 3.01. The molecule has 1 atom stereocenters. The van der Waals surface area contributed by atoms with Crippen LogP contribution in [0.15, 0.2) is 18.3 Å². The molecule has 1 unspecified atom stereocenters. The van der Waals surface area contributed by atoms with Gasteiger partial charge in [-0.15, -0.1) is 5.10 Å². The summed E-state index contributed by atoms with van der Waals surface area (Å²) in [5, 5.41) is 8.87. The molecule has 1 saturated heterocycles. The summed E-state index contributed by atoms with van der Waals surface area (Å²) in [7, 11) is 0. The van der Waals surface area contributed by atoms with Crippen molar-refractivity contribution >= 4 is 21.7 Å². The molecule has 0 bridgehead atoms. The molecule has 14 heavy (non-hydrogen) atoms. The number of aromatic nitrogens is 2. The Bertz CT molecular complexity index is 283. The van der Waals surface area contributed by atoms with Crippen molar-refractivity contribution in [1.82, 2.24) is 10.2 Å². The molecule has 0 radical (unpaired) electrons. The molecule has 0 saturated carbocycles. The van der Waals surface area contributed by atoms with Crippen molar-refractivity contribution in [2.45, 2.75) is 6.04 Å². The Morgan fingerprint density at radius 2 is 2.57 bits per heavy atom. The molecule has 1 aromatic rings.